The lowest BCUT2D eigenvalue weighted by Crippen LogP contribution is -2.53. The topological polar surface area (TPSA) is 96.0 Å². The van der Waals surface area contributed by atoms with Gasteiger partial charge in [-0.2, -0.15) is 0 Å². The van der Waals surface area contributed by atoms with E-state index < -0.39 is 22.0 Å². The first-order valence-corrected chi connectivity index (χ1v) is 14.8. The van der Waals surface area contributed by atoms with Crippen LogP contribution in [0, 0.1) is 0 Å². The molecule has 0 aliphatic heterocycles. The summed E-state index contributed by atoms with van der Waals surface area (Å²) in [5, 5.41) is 3.12. The van der Waals surface area contributed by atoms with Crippen molar-refractivity contribution in [1.29, 1.82) is 0 Å². The maximum absolute atomic E-state index is 13.9. The summed E-state index contributed by atoms with van der Waals surface area (Å²) in [6.07, 6.45) is 6.16. The molecule has 1 aliphatic rings. The van der Waals surface area contributed by atoms with Crippen LogP contribution in [0.1, 0.15) is 57.1 Å². The van der Waals surface area contributed by atoms with Gasteiger partial charge in [-0.1, -0.05) is 57.0 Å². The molecule has 0 radical (unpaired) electrons. The van der Waals surface area contributed by atoms with E-state index in [-0.39, 0.29) is 25.0 Å². The van der Waals surface area contributed by atoms with Crippen molar-refractivity contribution in [2.75, 3.05) is 24.2 Å². The SMILES string of the molecule is CCc1ccccc1N(CC(=O)N(Cc1ccc(OC)cc1)[C@@H](CC)C(=O)NC1CCCC1)S(C)(=O)=O. The molecule has 2 aromatic carbocycles. The number of methoxy groups -OCH3 is 1. The van der Waals surface area contributed by atoms with Crippen LogP contribution < -0.4 is 14.4 Å². The Labute approximate surface area is 221 Å². The predicted molar refractivity (Wildman–Crippen MR) is 146 cm³/mol. The Balaban J connectivity index is 1.94. The molecular weight excluding hydrogens is 490 g/mol. The molecule has 0 unspecified atom stereocenters. The van der Waals surface area contributed by atoms with Gasteiger partial charge < -0.3 is 15.0 Å². The number of anilines is 1. The lowest BCUT2D eigenvalue weighted by molar-refractivity contribution is -0.140. The predicted octanol–water partition coefficient (Wildman–Crippen LogP) is 3.89. The van der Waals surface area contributed by atoms with E-state index in [0.29, 0.717) is 24.3 Å². The Morgan fingerprint density at radius 3 is 2.27 bits per heavy atom. The molecule has 0 bridgehead atoms. The van der Waals surface area contributed by atoms with Crippen LogP contribution in [-0.2, 0) is 32.6 Å². The monoisotopic (exact) mass is 529 g/mol. The third kappa shape index (κ3) is 7.47. The number of hydrogen-bond donors (Lipinski definition) is 1. The lowest BCUT2D eigenvalue weighted by atomic mass is 10.1. The summed E-state index contributed by atoms with van der Waals surface area (Å²) >= 11 is 0. The van der Waals surface area contributed by atoms with Gasteiger partial charge >= 0.3 is 0 Å². The number of carbonyl (C=O) groups is 2. The molecule has 1 aliphatic carbocycles. The van der Waals surface area contributed by atoms with Crippen molar-refractivity contribution in [1.82, 2.24) is 10.2 Å². The van der Waals surface area contributed by atoms with Gasteiger partial charge in [-0.15, -0.1) is 0 Å². The second-order valence-corrected chi connectivity index (χ2v) is 11.4. The molecule has 202 valence electrons. The quantitative estimate of drug-likeness (QED) is 0.450. The standard InChI is InChI=1S/C28H39N3O5S/c1-5-22-11-7-10-14-26(22)31(37(4,34)35)20-27(32)30(19-21-15-17-24(36-3)18-16-21)25(6-2)28(33)29-23-12-8-9-13-23/h7,10-11,14-18,23,25H,5-6,8-9,12-13,19-20H2,1-4H3,(H,29,33)/t25-/m0/s1. The van der Waals surface area contributed by atoms with E-state index in [4.69, 9.17) is 4.74 Å². The highest BCUT2D eigenvalue weighted by atomic mass is 32.2. The summed E-state index contributed by atoms with van der Waals surface area (Å²) in [7, 11) is -2.18. The molecule has 2 amide bonds. The highest BCUT2D eigenvalue weighted by Crippen LogP contribution is 2.25. The number of para-hydroxylation sites is 1. The third-order valence-corrected chi connectivity index (χ3v) is 8.05. The fourth-order valence-corrected chi connectivity index (χ4v) is 5.74. The van der Waals surface area contributed by atoms with Crippen molar-refractivity contribution < 1.29 is 22.7 Å². The van der Waals surface area contributed by atoms with Crippen molar-refractivity contribution in [2.45, 2.75) is 71.0 Å². The summed E-state index contributed by atoms with van der Waals surface area (Å²) < 4.78 is 32.1. The summed E-state index contributed by atoms with van der Waals surface area (Å²) in [4.78, 5) is 28.7. The zero-order valence-electron chi connectivity index (χ0n) is 22.3. The average Bonchev–Trinajstić information content (AvgIpc) is 3.39. The Kier molecular flexibility index (Phi) is 9.97. The number of carbonyl (C=O) groups excluding carboxylic acids is 2. The van der Waals surface area contributed by atoms with Crippen molar-refractivity contribution in [3.8, 4) is 5.75 Å². The minimum Gasteiger partial charge on any atom is -0.497 e. The van der Waals surface area contributed by atoms with Crippen LogP contribution in [0.25, 0.3) is 0 Å². The maximum atomic E-state index is 13.9. The zero-order valence-corrected chi connectivity index (χ0v) is 23.1. The number of nitrogens with zero attached hydrogens (tertiary/aromatic N) is 2. The second-order valence-electron chi connectivity index (χ2n) is 9.54. The van der Waals surface area contributed by atoms with E-state index in [1.54, 1.807) is 31.4 Å². The van der Waals surface area contributed by atoms with Crippen molar-refractivity contribution in [3.63, 3.8) is 0 Å². The minimum absolute atomic E-state index is 0.114. The molecule has 1 saturated carbocycles. The van der Waals surface area contributed by atoms with E-state index in [1.165, 1.54) is 4.90 Å². The van der Waals surface area contributed by atoms with Gasteiger partial charge in [0.25, 0.3) is 0 Å². The Bertz CT molecular complexity index is 1160. The van der Waals surface area contributed by atoms with Crippen molar-refractivity contribution >= 4 is 27.5 Å². The molecule has 1 fully saturated rings. The number of rotatable bonds is 12. The summed E-state index contributed by atoms with van der Waals surface area (Å²) in [6.45, 7) is 3.59. The molecule has 2 aromatic rings. The molecule has 0 saturated heterocycles. The molecule has 8 nitrogen and oxygen atoms in total. The number of ether oxygens (including phenoxy) is 1. The van der Waals surface area contributed by atoms with Gasteiger partial charge in [0.05, 0.1) is 19.1 Å². The van der Waals surface area contributed by atoms with Crippen molar-refractivity contribution in [2.24, 2.45) is 0 Å². The van der Waals surface area contributed by atoms with Gasteiger partial charge in [0, 0.05) is 12.6 Å². The highest BCUT2D eigenvalue weighted by molar-refractivity contribution is 7.92. The van der Waals surface area contributed by atoms with Gasteiger partial charge in [0.1, 0.15) is 18.3 Å². The van der Waals surface area contributed by atoms with Gasteiger partial charge in [-0.3, -0.25) is 13.9 Å². The molecule has 0 spiro atoms. The average molecular weight is 530 g/mol. The Morgan fingerprint density at radius 1 is 1.05 bits per heavy atom. The normalized spacial score (nSPS) is 14.7. The van der Waals surface area contributed by atoms with Crippen LogP contribution in [0.15, 0.2) is 48.5 Å². The smallest absolute Gasteiger partial charge is 0.244 e. The number of benzene rings is 2. The third-order valence-electron chi connectivity index (χ3n) is 6.92. The minimum atomic E-state index is -3.76. The molecule has 0 aromatic heterocycles. The largest absolute Gasteiger partial charge is 0.497 e. The molecule has 1 atom stereocenters. The van der Waals surface area contributed by atoms with Crippen LogP contribution >= 0.6 is 0 Å². The second kappa shape index (κ2) is 12.9. The summed E-state index contributed by atoms with van der Waals surface area (Å²) in [5.74, 6) is 0.0590. The first kappa shape index (κ1) is 28.5. The van der Waals surface area contributed by atoms with Gasteiger partial charge in [0.15, 0.2) is 0 Å². The fraction of sp³-hybridized carbons (Fsp3) is 0.500. The van der Waals surface area contributed by atoms with Crippen LogP contribution in [-0.4, -0.2) is 57.1 Å². The van der Waals surface area contributed by atoms with E-state index in [2.05, 4.69) is 5.32 Å². The first-order valence-electron chi connectivity index (χ1n) is 13.0. The Morgan fingerprint density at radius 2 is 1.70 bits per heavy atom. The van der Waals surface area contributed by atoms with Crippen LogP contribution in [0.3, 0.4) is 0 Å². The Hall–Kier alpha value is -3.07. The molecule has 37 heavy (non-hydrogen) atoms. The molecule has 3 rings (SSSR count). The number of sulfonamides is 1. The molecule has 1 N–H and O–H groups in total. The number of amides is 2. The summed E-state index contributed by atoms with van der Waals surface area (Å²) in [6, 6.07) is 13.9. The molecule has 9 heteroatoms. The van der Waals surface area contributed by atoms with Gasteiger partial charge in [-0.05, 0) is 55.0 Å². The number of aryl methyl sites for hydroxylation is 1. The zero-order chi connectivity index (χ0) is 27.0. The van der Waals surface area contributed by atoms with Gasteiger partial charge in [0.2, 0.25) is 21.8 Å². The van der Waals surface area contributed by atoms with Crippen LogP contribution in [0.4, 0.5) is 5.69 Å². The lowest BCUT2D eigenvalue weighted by Gasteiger charge is -2.33. The fourth-order valence-electron chi connectivity index (χ4n) is 4.86. The van der Waals surface area contributed by atoms with E-state index in [0.717, 1.165) is 47.4 Å². The highest BCUT2D eigenvalue weighted by Gasteiger charge is 2.33. The van der Waals surface area contributed by atoms with Crippen LogP contribution in [0.2, 0.25) is 0 Å². The maximum Gasteiger partial charge on any atom is 0.244 e. The number of hydrogen-bond acceptors (Lipinski definition) is 5. The first-order chi connectivity index (χ1) is 17.7. The van der Waals surface area contributed by atoms with Gasteiger partial charge in [-0.25, -0.2) is 8.42 Å². The molecule has 0 heterocycles. The van der Waals surface area contributed by atoms with Crippen molar-refractivity contribution in [3.05, 3.63) is 59.7 Å². The molecular formula is C28H39N3O5S. The van der Waals surface area contributed by atoms with Crippen LogP contribution in [0.5, 0.6) is 5.75 Å². The van der Waals surface area contributed by atoms with E-state index in [1.807, 2.05) is 38.1 Å². The van der Waals surface area contributed by atoms with E-state index >= 15 is 0 Å². The summed E-state index contributed by atoms with van der Waals surface area (Å²) in [5.41, 5.74) is 2.13. The van der Waals surface area contributed by atoms with E-state index in [9.17, 15) is 18.0 Å². The number of nitrogens with one attached hydrogen (secondary N) is 1.